The summed E-state index contributed by atoms with van der Waals surface area (Å²) < 4.78 is 38.1. The van der Waals surface area contributed by atoms with Crippen LogP contribution in [0.25, 0.3) is 11.3 Å². The molecule has 184 valence electrons. The number of aromatic nitrogens is 2. The lowest BCUT2D eigenvalue weighted by molar-refractivity contribution is -0.385. The first-order chi connectivity index (χ1) is 16.7. The third kappa shape index (κ3) is 4.99. The standard InChI is InChI=1S/C22H22ClN5O6S/c1-33-16-4-7-20(34-2)17(14-16)19-6-8-22(25-24-19)26-9-11-27(12-10-26)35(31,32)21-13-15(28(29)30)3-5-18(21)23/h3-8,13-14H,9-12H2,1-2H3. The van der Waals surface area contributed by atoms with E-state index in [1.54, 1.807) is 26.4 Å². The number of sulfonamides is 1. The number of hydrogen-bond acceptors (Lipinski definition) is 9. The largest absolute Gasteiger partial charge is 0.497 e. The Kier molecular flexibility index (Phi) is 7.05. The monoisotopic (exact) mass is 519 g/mol. The fourth-order valence-electron chi connectivity index (χ4n) is 3.75. The van der Waals surface area contributed by atoms with Gasteiger partial charge in [-0.15, -0.1) is 10.2 Å². The molecule has 0 bridgehead atoms. The lowest BCUT2D eigenvalue weighted by atomic mass is 10.1. The Morgan fingerprint density at radius 2 is 1.71 bits per heavy atom. The molecule has 0 amide bonds. The molecular weight excluding hydrogens is 498 g/mol. The Balaban J connectivity index is 1.49. The van der Waals surface area contributed by atoms with Crippen molar-refractivity contribution in [2.24, 2.45) is 0 Å². The molecule has 4 rings (SSSR count). The van der Waals surface area contributed by atoms with E-state index in [2.05, 4.69) is 10.2 Å². The van der Waals surface area contributed by atoms with Crippen molar-refractivity contribution in [2.75, 3.05) is 45.3 Å². The average molecular weight is 520 g/mol. The van der Waals surface area contributed by atoms with Crippen molar-refractivity contribution >= 4 is 33.1 Å². The van der Waals surface area contributed by atoms with Crippen LogP contribution in [-0.2, 0) is 10.0 Å². The molecule has 1 fully saturated rings. The number of hydrogen-bond donors (Lipinski definition) is 0. The maximum atomic E-state index is 13.1. The number of piperazine rings is 1. The zero-order chi connectivity index (χ0) is 25.2. The van der Waals surface area contributed by atoms with Gasteiger partial charge in [0, 0.05) is 43.9 Å². The fraction of sp³-hybridized carbons (Fsp3) is 0.273. The van der Waals surface area contributed by atoms with Crippen LogP contribution in [0.2, 0.25) is 5.02 Å². The zero-order valence-corrected chi connectivity index (χ0v) is 20.5. The first-order valence-electron chi connectivity index (χ1n) is 10.5. The van der Waals surface area contributed by atoms with Gasteiger partial charge in [-0.1, -0.05) is 11.6 Å². The van der Waals surface area contributed by atoms with Crippen molar-refractivity contribution in [3.05, 3.63) is 63.7 Å². The predicted molar refractivity (Wildman–Crippen MR) is 130 cm³/mol. The van der Waals surface area contributed by atoms with Gasteiger partial charge in [0.15, 0.2) is 5.82 Å². The van der Waals surface area contributed by atoms with Crippen molar-refractivity contribution in [3.8, 4) is 22.8 Å². The Labute approximate surface area is 207 Å². The van der Waals surface area contributed by atoms with Crippen LogP contribution in [0.4, 0.5) is 11.5 Å². The number of benzene rings is 2. The van der Waals surface area contributed by atoms with E-state index in [9.17, 15) is 18.5 Å². The molecular formula is C22H22ClN5O6S. The van der Waals surface area contributed by atoms with Crippen molar-refractivity contribution < 1.29 is 22.8 Å². The second-order valence-electron chi connectivity index (χ2n) is 7.61. The van der Waals surface area contributed by atoms with Crippen LogP contribution in [0.5, 0.6) is 11.5 Å². The van der Waals surface area contributed by atoms with Crippen molar-refractivity contribution in [1.82, 2.24) is 14.5 Å². The second kappa shape index (κ2) is 10.0. The SMILES string of the molecule is COc1ccc(OC)c(-c2ccc(N3CCN(S(=O)(=O)c4cc([N+](=O)[O-])ccc4Cl)CC3)nn2)c1. The van der Waals surface area contributed by atoms with Gasteiger partial charge >= 0.3 is 0 Å². The van der Waals surface area contributed by atoms with Crippen LogP contribution < -0.4 is 14.4 Å². The van der Waals surface area contributed by atoms with Gasteiger partial charge in [0.25, 0.3) is 5.69 Å². The lowest BCUT2D eigenvalue weighted by Crippen LogP contribution is -2.49. The van der Waals surface area contributed by atoms with Gasteiger partial charge in [0.1, 0.15) is 16.4 Å². The predicted octanol–water partition coefficient (Wildman–Crippen LogP) is 3.23. The molecule has 2 aromatic carbocycles. The minimum absolute atomic E-state index is 0.0625. The van der Waals surface area contributed by atoms with Crippen LogP contribution in [0.3, 0.4) is 0 Å². The minimum Gasteiger partial charge on any atom is -0.497 e. The smallest absolute Gasteiger partial charge is 0.270 e. The van der Waals surface area contributed by atoms with Crippen LogP contribution in [-0.4, -0.2) is 68.2 Å². The highest BCUT2D eigenvalue weighted by Crippen LogP contribution is 2.33. The van der Waals surface area contributed by atoms with E-state index in [1.807, 2.05) is 23.1 Å². The maximum absolute atomic E-state index is 13.1. The molecule has 0 radical (unpaired) electrons. The minimum atomic E-state index is -4.00. The van der Waals surface area contributed by atoms with Gasteiger partial charge in [-0.25, -0.2) is 8.42 Å². The number of ether oxygens (including phenoxy) is 2. The third-order valence-corrected chi connectivity index (χ3v) is 8.02. The van der Waals surface area contributed by atoms with Crippen molar-refractivity contribution in [1.29, 1.82) is 0 Å². The summed E-state index contributed by atoms with van der Waals surface area (Å²) >= 11 is 6.06. The number of nitro benzene ring substituents is 1. The Hall–Kier alpha value is -3.48. The summed E-state index contributed by atoms with van der Waals surface area (Å²) in [5.74, 6) is 1.89. The molecule has 0 spiro atoms. The third-order valence-electron chi connectivity index (χ3n) is 5.64. The van der Waals surface area contributed by atoms with E-state index >= 15 is 0 Å². The highest BCUT2D eigenvalue weighted by atomic mass is 35.5. The number of nitrogens with zero attached hydrogens (tertiary/aromatic N) is 5. The van der Waals surface area contributed by atoms with E-state index in [1.165, 1.54) is 16.4 Å². The normalized spacial score (nSPS) is 14.5. The summed E-state index contributed by atoms with van der Waals surface area (Å²) in [6, 6.07) is 12.4. The lowest BCUT2D eigenvalue weighted by Gasteiger charge is -2.34. The molecule has 3 aromatic rings. The van der Waals surface area contributed by atoms with Crippen LogP contribution >= 0.6 is 11.6 Å². The number of non-ortho nitro benzene ring substituents is 1. The van der Waals surface area contributed by atoms with Crippen LogP contribution in [0, 0.1) is 10.1 Å². The summed E-state index contributed by atoms with van der Waals surface area (Å²) in [5.41, 5.74) is 0.997. The van der Waals surface area contributed by atoms with E-state index in [0.29, 0.717) is 36.1 Å². The van der Waals surface area contributed by atoms with E-state index in [4.69, 9.17) is 21.1 Å². The van der Waals surface area contributed by atoms with Gasteiger partial charge in [0.2, 0.25) is 10.0 Å². The summed E-state index contributed by atoms with van der Waals surface area (Å²) in [6.45, 7) is 1.05. The molecule has 1 aliphatic heterocycles. The average Bonchev–Trinajstić information content (AvgIpc) is 2.88. The number of methoxy groups -OCH3 is 2. The van der Waals surface area contributed by atoms with Crippen molar-refractivity contribution in [3.63, 3.8) is 0 Å². The fourth-order valence-corrected chi connectivity index (χ4v) is 5.67. The van der Waals surface area contributed by atoms with Gasteiger partial charge in [0.05, 0.1) is 29.9 Å². The molecule has 11 nitrogen and oxygen atoms in total. The Morgan fingerprint density at radius 3 is 2.31 bits per heavy atom. The molecule has 1 aromatic heterocycles. The highest BCUT2D eigenvalue weighted by Gasteiger charge is 2.32. The van der Waals surface area contributed by atoms with E-state index < -0.39 is 14.9 Å². The molecule has 0 N–H and O–H groups in total. The molecule has 0 atom stereocenters. The number of nitro groups is 1. The van der Waals surface area contributed by atoms with Gasteiger partial charge < -0.3 is 14.4 Å². The van der Waals surface area contributed by atoms with Crippen LogP contribution in [0.1, 0.15) is 0 Å². The number of rotatable bonds is 7. The topological polar surface area (TPSA) is 128 Å². The van der Waals surface area contributed by atoms with Gasteiger partial charge in [-0.3, -0.25) is 10.1 Å². The second-order valence-corrected chi connectivity index (χ2v) is 9.92. The first kappa shape index (κ1) is 24.6. The summed E-state index contributed by atoms with van der Waals surface area (Å²) in [4.78, 5) is 12.1. The summed E-state index contributed by atoms with van der Waals surface area (Å²) in [6.07, 6.45) is 0. The first-order valence-corrected chi connectivity index (χ1v) is 12.3. The van der Waals surface area contributed by atoms with Gasteiger partial charge in [-0.05, 0) is 36.4 Å². The zero-order valence-electron chi connectivity index (χ0n) is 18.9. The molecule has 13 heteroatoms. The molecule has 0 unspecified atom stereocenters. The molecule has 0 saturated carbocycles. The molecule has 0 aliphatic carbocycles. The molecule has 1 saturated heterocycles. The number of halogens is 1. The van der Waals surface area contributed by atoms with Crippen LogP contribution in [0.15, 0.2) is 53.4 Å². The summed E-state index contributed by atoms with van der Waals surface area (Å²) in [7, 11) is -0.855. The Bertz CT molecular complexity index is 1340. The summed E-state index contributed by atoms with van der Waals surface area (Å²) in [5, 5.41) is 19.6. The molecule has 1 aliphatic rings. The van der Waals surface area contributed by atoms with Gasteiger partial charge in [-0.2, -0.15) is 4.31 Å². The molecule has 2 heterocycles. The number of anilines is 1. The van der Waals surface area contributed by atoms with E-state index in [0.717, 1.165) is 11.6 Å². The van der Waals surface area contributed by atoms with Crippen molar-refractivity contribution in [2.45, 2.75) is 4.90 Å². The molecule has 35 heavy (non-hydrogen) atoms. The van der Waals surface area contributed by atoms with E-state index in [-0.39, 0.29) is 28.7 Å². The maximum Gasteiger partial charge on any atom is 0.270 e. The quantitative estimate of drug-likeness (QED) is 0.341. The highest BCUT2D eigenvalue weighted by molar-refractivity contribution is 7.89. The Morgan fingerprint density at radius 1 is 0.971 bits per heavy atom.